The van der Waals surface area contributed by atoms with Crippen molar-refractivity contribution >= 4 is 17.3 Å². The maximum absolute atomic E-state index is 12.1. The molecule has 1 N–H and O–H groups in total. The molecule has 10 heteroatoms. The van der Waals surface area contributed by atoms with E-state index < -0.39 is 11.7 Å². The number of carbonyl (C=O) groups is 1. The molecule has 0 saturated heterocycles. The summed E-state index contributed by atoms with van der Waals surface area (Å²) < 4.78 is 13.1. The van der Waals surface area contributed by atoms with Crippen molar-refractivity contribution in [3.05, 3.63) is 118 Å². The van der Waals surface area contributed by atoms with Gasteiger partial charge in [-0.15, -0.1) is 0 Å². The Labute approximate surface area is 262 Å². The fourth-order valence-corrected chi connectivity index (χ4v) is 4.98. The number of benzene rings is 3. The molecule has 0 saturated carbocycles. The summed E-state index contributed by atoms with van der Waals surface area (Å²) in [5.74, 6) is 0. The van der Waals surface area contributed by atoms with E-state index in [4.69, 9.17) is 9.47 Å². The van der Waals surface area contributed by atoms with Crippen LogP contribution in [0, 0.1) is 17.0 Å². The Morgan fingerprint density at radius 1 is 0.956 bits per heavy atom. The number of non-ortho nitro benzene ring substituents is 1. The van der Waals surface area contributed by atoms with Crippen molar-refractivity contribution in [1.29, 1.82) is 0 Å². The van der Waals surface area contributed by atoms with Crippen LogP contribution in [-0.4, -0.2) is 37.8 Å². The standard InChI is InChI=1S/C35H37N5O5/c1-24-18-28(13-14-29(24)20-36-34(41)45-35(2,3)4)33-32-19-30(21-39(32)38-23-37-33)27-11-7-26(8-12-27)22-44-17-5-6-25-9-15-31(16-10-25)40(42)43/h7-16,18-19,21,23H,5-6,17,20,22H2,1-4H3,(H,36,41). The SMILES string of the molecule is Cc1cc(-c2ncnn3cc(-c4ccc(COCCCc5ccc([N+](=O)[O-])cc5)cc4)cc23)ccc1CNC(=O)OC(C)(C)C. The highest BCUT2D eigenvalue weighted by Gasteiger charge is 2.16. The summed E-state index contributed by atoms with van der Waals surface area (Å²) in [5, 5.41) is 18.1. The quantitative estimate of drug-likeness (QED) is 0.0940. The number of hydrogen-bond donors (Lipinski definition) is 1. The van der Waals surface area contributed by atoms with Crippen LogP contribution in [0.25, 0.3) is 27.9 Å². The van der Waals surface area contributed by atoms with Crippen LogP contribution in [0.15, 0.2) is 85.3 Å². The van der Waals surface area contributed by atoms with E-state index in [-0.39, 0.29) is 10.6 Å². The third-order valence-corrected chi connectivity index (χ3v) is 7.30. The lowest BCUT2D eigenvalue weighted by atomic mass is 10.0. The van der Waals surface area contributed by atoms with Crippen LogP contribution in [0.3, 0.4) is 0 Å². The van der Waals surface area contributed by atoms with Gasteiger partial charge in [0.2, 0.25) is 0 Å². The van der Waals surface area contributed by atoms with Gasteiger partial charge in [0.05, 0.1) is 22.7 Å². The molecular weight excluding hydrogens is 570 g/mol. The molecule has 232 valence electrons. The first-order valence-electron chi connectivity index (χ1n) is 14.9. The topological polar surface area (TPSA) is 121 Å². The lowest BCUT2D eigenvalue weighted by Gasteiger charge is -2.20. The van der Waals surface area contributed by atoms with Gasteiger partial charge in [0.25, 0.3) is 5.69 Å². The summed E-state index contributed by atoms with van der Waals surface area (Å²) in [6.07, 6.45) is 4.75. The Morgan fingerprint density at radius 3 is 2.36 bits per heavy atom. The molecule has 0 fully saturated rings. The van der Waals surface area contributed by atoms with E-state index in [0.717, 1.165) is 63.0 Å². The summed E-state index contributed by atoms with van der Waals surface area (Å²) in [5.41, 5.74) is 8.51. The monoisotopic (exact) mass is 607 g/mol. The van der Waals surface area contributed by atoms with Gasteiger partial charge < -0.3 is 14.8 Å². The fraction of sp³-hybridized carbons (Fsp3) is 0.286. The largest absolute Gasteiger partial charge is 0.444 e. The molecule has 0 bridgehead atoms. The van der Waals surface area contributed by atoms with Gasteiger partial charge in [-0.05, 0) is 80.5 Å². The number of hydrogen-bond acceptors (Lipinski definition) is 7. The van der Waals surface area contributed by atoms with E-state index in [9.17, 15) is 14.9 Å². The second-order valence-electron chi connectivity index (χ2n) is 11.9. The number of ether oxygens (including phenoxy) is 2. The first kappa shape index (κ1) is 31.3. The first-order valence-corrected chi connectivity index (χ1v) is 14.9. The second-order valence-corrected chi connectivity index (χ2v) is 11.9. The highest BCUT2D eigenvalue weighted by Crippen LogP contribution is 2.29. The second kappa shape index (κ2) is 13.7. The highest BCUT2D eigenvalue weighted by molar-refractivity contribution is 5.82. The summed E-state index contributed by atoms with van der Waals surface area (Å²) >= 11 is 0. The van der Waals surface area contributed by atoms with Crippen LogP contribution < -0.4 is 5.32 Å². The molecule has 10 nitrogen and oxygen atoms in total. The zero-order valence-corrected chi connectivity index (χ0v) is 25.9. The molecule has 0 atom stereocenters. The number of amides is 1. The zero-order valence-electron chi connectivity index (χ0n) is 25.9. The third kappa shape index (κ3) is 8.30. The van der Waals surface area contributed by atoms with Crippen molar-refractivity contribution in [1.82, 2.24) is 19.9 Å². The van der Waals surface area contributed by atoms with Crippen LogP contribution in [0.2, 0.25) is 0 Å². The Balaban J connectivity index is 1.18. The van der Waals surface area contributed by atoms with Crippen molar-refractivity contribution in [2.75, 3.05) is 6.61 Å². The molecule has 0 spiro atoms. The first-order chi connectivity index (χ1) is 21.6. The van der Waals surface area contributed by atoms with Gasteiger partial charge in [-0.1, -0.05) is 48.5 Å². The minimum atomic E-state index is -0.546. The van der Waals surface area contributed by atoms with Gasteiger partial charge >= 0.3 is 6.09 Å². The van der Waals surface area contributed by atoms with E-state index in [0.29, 0.717) is 19.8 Å². The number of nitro benzene ring substituents is 1. The highest BCUT2D eigenvalue weighted by atomic mass is 16.6. The minimum absolute atomic E-state index is 0.104. The Bertz CT molecular complexity index is 1790. The lowest BCUT2D eigenvalue weighted by molar-refractivity contribution is -0.384. The number of alkyl carbamates (subject to hydrolysis) is 1. The molecule has 0 radical (unpaired) electrons. The van der Waals surface area contributed by atoms with Crippen LogP contribution in [0.5, 0.6) is 0 Å². The number of nitrogens with zero attached hydrogens (tertiary/aromatic N) is 4. The predicted octanol–water partition coefficient (Wildman–Crippen LogP) is 7.45. The van der Waals surface area contributed by atoms with Crippen molar-refractivity contribution in [3.8, 4) is 22.4 Å². The Hall–Kier alpha value is -5.09. The average Bonchev–Trinajstić information content (AvgIpc) is 3.45. The predicted molar refractivity (Wildman–Crippen MR) is 173 cm³/mol. The van der Waals surface area contributed by atoms with Crippen molar-refractivity contribution in [2.24, 2.45) is 0 Å². The van der Waals surface area contributed by atoms with E-state index in [2.05, 4.69) is 51.8 Å². The third-order valence-electron chi connectivity index (χ3n) is 7.30. The molecular formula is C35H37N5O5. The number of fused-ring (bicyclic) bond motifs is 1. The molecule has 45 heavy (non-hydrogen) atoms. The van der Waals surface area contributed by atoms with Gasteiger partial charge in [0.1, 0.15) is 11.9 Å². The van der Waals surface area contributed by atoms with E-state index >= 15 is 0 Å². The summed E-state index contributed by atoms with van der Waals surface area (Å²) in [6.45, 7) is 9.02. The number of nitro groups is 1. The Kier molecular flexibility index (Phi) is 9.53. The summed E-state index contributed by atoms with van der Waals surface area (Å²) in [6, 6.07) is 23.1. The van der Waals surface area contributed by atoms with Crippen LogP contribution in [0.1, 0.15) is 49.4 Å². The number of aryl methyl sites for hydroxylation is 2. The molecule has 0 aliphatic heterocycles. The lowest BCUT2D eigenvalue weighted by Crippen LogP contribution is -2.32. The van der Waals surface area contributed by atoms with E-state index in [1.807, 2.05) is 50.5 Å². The van der Waals surface area contributed by atoms with Crippen molar-refractivity contribution < 1.29 is 19.2 Å². The normalized spacial score (nSPS) is 11.5. The Morgan fingerprint density at radius 2 is 1.67 bits per heavy atom. The fourth-order valence-electron chi connectivity index (χ4n) is 4.98. The van der Waals surface area contributed by atoms with E-state index in [1.54, 1.807) is 18.5 Å². The van der Waals surface area contributed by atoms with Gasteiger partial charge in [0, 0.05) is 42.6 Å². The van der Waals surface area contributed by atoms with E-state index in [1.165, 1.54) is 12.1 Å². The van der Waals surface area contributed by atoms with Gasteiger partial charge in [0.15, 0.2) is 0 Å². The molecule has 2 heterocycles. The van der Waals surface area contributed by atoms with Crippen LogP contribution >= 0.6 is 0 Å². The number of rotatable bonds is 11. The molecule has 3 aromatic carbocycles. The maximum atomic E-state index is 12.1. The molecule has 2 aromatic heterocycles. The number of nitrogens with one attached hydrogen (secondary N) is 1. The molecule has 0 aliphatic carbocycles. The zero-order chi connectivity index (χ0) is 32.0. The van der Waals surface area contributed by atoms with Gasteiger partial charge in [-0.3, -0.25) is 10.1 Å². The van der Waals surface area contributed by atoms with Crippen molar-refractivity contribution in [2.45, 2.75) is 59.3 Å². The molecule has 5 rings (SSSR count). The molecule has 1 amide bonds. The molecule has 0 aliphatic rings. The van der Waals surface area contributed by atoms with Gasteiger partial charge in [-0.2, -0.15) is 5.10 Å². The average molecular weight is 608 g/mol. The maximum Gasteiger partial charge on any atom is 0.407 e. The minimum Gasteiger partial charge on any atom is -0.444 e. The van der Waals surface area contributed by atoms with Gasteiger partial charge in [-0.25, -0.2) is 14.3 Å². The summed E-state index contributed by atoms with van der Waals surface area (Å²) in [7, 11) is 0. The van der Waals surface area contributed by atoms with Crippen molar-refractivity contribution in [3.63, 3.8) is 0 Å². The number of aromatic nitrogens is 3. The molecule has 5 aromatic rings. The van der Waals surface area contributed by atoms with Crippen LogP contribution in [-0.2, 0) is 29.0 Å². The number of carbonyl (C=O) groups excluding carboxylic acids is 1. The molecule has 0 unspecified atom stereocenters. The van der Waals surface area contributed by atoms with Crippen LogP contribution in [0.4, 0.5) is 10.5 Å². The smallest absolute Gasteiger partial charge is 0.407 e. The summed E-state index contributed by atoms with van der Waals surface area (Å²) in [4.78, 5) is 27.1.